The van der Waals surface area contributed by atoms with Gasteiger partial charge in [0.25, 0.3) is 0 Å². The van der Waals surface area contributed by atoms with Crippen molar-refractivity contribution >= 4 is 52.1 Å². The van der Waals surface area contributed by atoms with E-state index in [0.717, 1.165) is 17.5 Å². The lowest BCUT2D eigenvalue weighted by molar-refractivity contribution is -0.137. The monoisotopic (exact) mass is 418 g/mol. The lowest BCUT2D eigenvalue weighted by Gasteiger charge is -2.12. The molecule has 0 aliphatic carbocycles. The fourth-order valence-electron chi connectivity index (χ4n) is 2.84. The molecule has 0 atom stereocenters. The number of thioether (sulfide) groups is 1. The number of hydrogen-bond acceptors (Lipinski definition) is 5. The number of halogens is 3. The van der Waals surface area contributed by atoms with Crippen LogP contribution < -0.4 is 15.8 Å². The van der Waals surface area contributed by atoms with E-state index in [0.29, 0.717) is 27.3 Å². The molecule has 0 unspecified atom stereocenters. The van der Waals surface area contributed by atoms with Crippen LogP contribution in [0.5, 0.6) is 0 Å². The number of carbonyl (C=O) groups excluding carboxylic acids is 1. The predicted molar refractivity (Wildman–Crippen MR) is 111 cm³/mol. The topological polar surface area (TPSA) is 51.2 Å². The van der Waals surface area contributed by atoms with E-state index in [4.69, 9.17) is 4.74 Å². The third kappa shape index (κ3) is 4.37. The van der Waals surface area contributed by atoms with Gasteiger partial charge in [-0.15, -0.1) is 11.8 Å². The number of nitrogens with zero attached hydrogens (tertiary/aromatic N) is 1. The molecule has 0 bridgehead atoms. The summed E-state index contributed by atoms with van der Waals surface area (Å²) in [7, 11) is 1.28. The summed E-state index contributed by atoms with van der Waals surface area (Å²) < 4.78 is 43.8. The van der Waals surface area contributed by atoms with E-state index in [1.54, 1.807) is 18.2 Å². The van der Waals surface area contributed by atoms with Gasteiger partial charge >= 0.3 is 12.1 Å². The van der Waals surface area contributed by atoms with Crippen molar-refractivity contribution in [3.63, 3.8) is 0 Å². The maximum atomic E-state index is 13.0. The lowest BCUT2D eigenvalue weighted by Crippen LogP contribution is -2.28. The molecule has 0 amide bonds. The maximum Gasteiger partial charge on any atom is 0.416 e. The number of aromatic nitrogens is 1. The predicted octanol–water partition coefficient (Wildman–Crippen LogP) is 4.30. The Kier molecular flexibility index (Phi) is 5.83. The number of methoxy groups -OCH3 is 1. The van der Waals surface area contributed by atoms with E-state index in [1.807, 2.05) is 11.7 Å². The van der Waals surface area contributed by atoms with Crippen LogP contribution in [0.3, 0.4) is 0 Å². The molecule has 4 nitrogen and oxygen atoms in total. The van der Waals surface area contributed by atoms with Crippen molar-refractivity contribution in [3.8, 4) is 0 Å². The van der Waals surface area contributed by atoms with Gasteiger partial charge in [0.15, 0.2) is 0 Å². The number of carbonyl (C=O) groups is 1. The van der Waals surface area contributed by atoms with Crippen LogP contribution in [0.4, 0.5) is 24.7 Å². The molecule has 29 heavy (non-hydrogen) atoms. The van der Waals surface area contributed by atoms with E-state index < -0.39 is 17.7 Å². The van der Waals surface area contributed by atoms with E-state index in [9.17, 15) is 18.0 Å². The number of benzene rings is 2. The number of esters is 1. The summed E-state index contributed by atoms with van der Waals surface area (Å²) in [6, 6.07) is 9.78. The Morgan fingerprint density at radius 1 is 1.24 bits per heavy atom. The second-order valence-corrected chi connectivity index (χ2v) is 6.84. The van der Waals surface area contributed by atoms with Gasteiger partial charge in [-0.05, 0) is 47.2 Å². The molecule has 1 heterocycles. The molecule has 0 aliphatic heterocycles. The zero-order chi connectivity index (χ0) is 21.2. The largest absolute Gasteiger partial charge is 0.465 e. The number of fused-ring (bicyclic) bond motifs is 1. The minimum atomic E-state index is -4.45. The normalized spacial score (nSPS) is 12.2. The second kappa shape index (κ2) is 8.16. The fraction of sp³-hybridized carbons (Fsp3) is 0.143. The summed E-state index contributed by atoms with van der Waals surface area (Å²) in [5, 5.41) is 6.81. The molecule has 1 aromatic heterocycles. The molecular weight excluding hydrogens is 401 g/mol. The minimum absolute atomic E-state index is 0.242. The lowest BCUT2D eigenvalue weighted by atomic mass is 10.1. The summed E-state index contributed by atoms with van der Waals surface area (Å²) in [6.07, 6.45) is -2.59. The highest BCUT2D eigenvalue weighted by Gasteiger charge is 2.30. The van der Waals surface area contributed by atoms with Crippen LogP contribution in [-0.4, -0.2) is 24.3 Å². The Morgan fingerprint density at radius 3 is 2.66 bits per heavy atom. The second-order valence-electron chi connectivity index (χ2n) is 6.13. The highest BCUT2D eigenvalue weighted by molar-refractivity contribution is 8.05. The van der Waals surface area contributed by atoms with Gasteiger partial charge in [-0.1, -0.05) is 18.7 Å². The zero-order valence-electron chi connectivity index (χ0n) is 15.6. The first-order chi connectivity index (χ1) is 13.7. The zero-order valence-corrected chi connectivity index (χ0v) is 16.4. The van der Waals surface area contributed by atoms with Crippen molar-refractivity contribution < 1.29 is 22.7 Å². The standard InChI is InChI=1S/C21H17F3N2O2S/c1-12-16-8-7-13(20(27)28-2)9-18(16)26-19(17(12)11-29-3)25-15-6-4-5-14(10-15)21(22,23)24/h4-11H,1H2,2-3H3,(H,25,26)/b17-11+. The number of hydrogen-bond donors (Lipinski definition) is 1. The van der Waals surface area contributed by atoms with Crippen LogP contribution in [0.25, 0.3) is 22.9 Å². The number of nitrogens with one attached hydrogen (secondary N) is 1. The van der Waals surface area contributed by atoms with Gasteiger partial charge in [0.1, 0.15) is 5.82 Å². The number of rotatable bonds is 4. The Labute approximate surface area is 169 Å². The molecule has 8 heteroatoms. The summed E-state index contributed by atoms with van der Waals surface area (Å²) in [6.45, 7) is 4.10. The number of anilines is 2. The number of pyridine rings is 1. The summed E-state index contributed by atoms with van der Waals surface area (Å²) in [5.41, 5.74) is 0.275. The smallest absolute Gasteiger partial charge is 0.416 e. The fourth-order valence-corrected chi connectivity index (χ4v) is 3.33. The van der Waals surface area contributed by atoms with Gasteiger partial charge < -0.3 is 10.1 Å². The Balaban J connectivity index is 2.18. The molecular formula is C21H17F3N2O2S. The van der Waals surface area contributed by atoms with Crippen LogP contribution in [0.15, 0.2) is 42.5 Å². The summed E-state index contributed by atoms with van der Waals surface area (Å²) in [5.74, 6) is -0.162. The average molecular weight is 418 g/mol. The van der Waals surface area contributed by atoms with Crippen molar-refractivity contribution in [2.45, 2.75) is 6.18 Å². The van der Waals surface area contributed by atoms with E-state index in [2.05, 4.69) is 16.9 Å². The molecule has 0 aliphatic rings. The molecule has 2 aromatic carbocycles. The molecule has 0 spiro atoms. The molecule has 150 valence electrons. The molecule has 3 aromatic rings. The molecule has 0 saturated carbocycles. The van der Waals surface area contributed by atoms with Gasteiger partial charge in [-0.2, -0.15) is 13.2 Å². The Morgan fingerprint density at radius 2 is 2.00 bits per heavy atom. The van der Waals surface area contributed by atoms with Gasteiger partial charge in [0.05, 0.1) is 23.8 Å². The van der Waals surface area contributed by atoms with Gasteiger partial charge in [0.2, 0.25) is 0 Å². The quantitative estimate of drug-likeness (QED) is 0.641. The first-order valence-electron chi connectivity index (χ1n) is 8.43. The third-order valence-corrected chi connectivity index (χ3v) is 4.72. The molecule has 1 N–H and O–H groups in total. The minimum Gasteiger partial charge on any atom is -0.465 e. The molecule has 0 fully saturated rings. The van der Waals surface area contributed by atoms with Crippen LogP contribution in [0.1, 0.15) is 15.9 Å². The highest BCUT2D eigenvalue weighted by atomic mass is 32.2. The van der Waals surface area contributed by atoms with Gasteiger partial charge in [-0.25, -0.2) is 9.78 Å². The van der Waals surface area contributed by atoms with Crippen molar-refractivity contribution in [1.82, 2.24) is 4.98 Å². The first-order valence-corrected chi connectivity index (χ1v) is 9.71. The first kappa shape index (κ1) is 20.7. The van der Waals surface area contributed by atoms with Gasteiger partial charge in [0, 0.05) is 16.3 Å². The van der Waals surface area contributed by atoms with Crippen molar-refractivity contribution in [1.29, 1.82) is 0 Å². The molecule has 3 rings (SSSR count). The van der Waals surface area contributed by atoms with Crippen LogP contribution in [-0.2, 0) is 10.9 Å². The maximum absolute atomic E-state index is 13.0. The van der Waals surface area contributed by atoms with Crippen molar-refractivity contribution in [2.24, 2.45) is 0 Å². The average Bonchev–Trinajstić information content (AvgIpc) is 2.69. The van der Waals surface area contributed by atoms with E-state index in [1.165, 1.54) is 31.0 Å². The van der Waals surface area contributed by atoms with Crippen LogP contribution >= 0.6 is 11.8 Å². The molecule has 0 saturated heterocycles. The van der Waals surface area contributed by atoms with E-state index in [-0.39, 0.29) is 5.69 Å². The SMILES string of the molecule is C=c1/c(=C\SC)c(Nc2cccc(C(F)(F)F)c2)nc2cc(C(=O)OC)ccc12. The van der Waals surface area contributed by atoms with Gasteiger partial charge in [-0.3, -0.25) is 0 Å². The number of ether oxygens (including phenoxy) is 1. The number of alkyl halides is 3. The van der Waals surface area contributed by atoms with Crippen LogP contribution in [0.2, 0.25) is 0 Å². The highest BCUT2D eigenvalue weighted by Crippen LogP contribution is 2.31. The summed E-state index contributed by atoms with van der Waals surface area (Å²) >= 11 is 1.42. The van der Waals surface area contributed by atoms with Crippen molar-refractivity contribution in [3.05, 3.63) is 64.0 Å². The van der Waals surface area contributed by atoms with E-state index >= 15 is 0 Å². The Bertz CT molecular complexity index is 1190. The van der Waals surface area contributed by atoms with Crippen molar-refractivity contribution in [2.75, 3.05) is 18.7 Å². The summed E-state index contributed by atoms with van der Waals surface area (Å²) in [4.78, 5) is 16.4. The third-order valence-electron chi connectivity index (χ3n) is 4.24. The molecule has 0 radical (unpaired) electrons. The van der Waals surface area contributed by atoms with Crippen LogP contribution in [0, 0.1) is 0 Å². The Hall–Kier alpha value is -3.00.